The van der Waals surface area contributed by atoms with Crippen LogP contribution in [0.4, 0.5) is 0 Å². The summed E-state index contributed by atoms with van der Waals surface area (Å²) in [5.41, 5.74) is 1.34. The highest BCUT2D eigenvalue weighted by Crippen LogP contribution is 2.31. The van der Waals surface area contributed by atoms with Gasteiger partial charge in [0, 0.05) is 18.8 Å². The van der Waals surface area contributed by atoms with E-state index in [1.807, 2.05) is 11.8 Å². The molecule has 1 unspecified atom stereocenters. The van der Waals surface area contributed by atoms with Crippen molar-refractivity contribution in [3.63, 3.8) is 0 Å². The van der Waals surface area contributed by atoms with Crippen molar-refractivity contribution < 1.29 is 0 Å². The Morgan fingerprint density at radius 2 is 2.14 bits per heavy atom. The minimum atomic E-state index is 0.374. The van der Waals surface area contributed by atoms with E-state index in [-0.39, 0.29) is 0 Å². The summed E-state index contributed by atoms with van der Waals surface area (Å²) in [5.74, 6) is 1.21. The minimum absolute atomic E-state index is 0.374. The van der Waals surface area contributed by atoms with E-state index >= 15 is 0 Å². The average Bonchev–Trinajstić information content (AvgIpc) is 2.78. The summed E-state index contributed by atoms with van der Waals surface area (Å²) in [7, 11) is 0. The van der Waals surface area contributed by atoms with Crippen LogP contribution in [0.25, 0.3) is 0 Å². The van der Waals surface area contributed by atoms with Crippen LogP contribution >= 0.6 is 11.8 Å². The van der Waals surface area contributed by atoms with Gasteiger partial charge in [0.15, 0.2) is 5.17 Å². The largest absolute Gasteiger partial charge is 0.348 e. The van der Waals surface area contributed by atoms with Gasteiger partial charge >= 0.3 is 0 Å². The summed E-state index contributed by atoms with van der Waals surface area (Å²) in [4.78, 5) is 7.12. The van der Waals surface area contributed by atoms with Crippen molar-refractivity contribution in [2.75, 3.05) is 18.8 Å². The number of benzene rings is 1. The smallest absolute Gasteiger partial charge is 0.160 e. The number of amidine groups is 1. The van der Waals surface area contributed by atoms with E-state index in [9.17, 15) is 0 Å². The molecule has 0 aliphatic carbocycles. The van der Waals surface area contributed by atoms with E-state index in [0.717, 1.165) is 6.54 Å². The third-order valence-corrected chi connectivity index (χ3v) is 3.72. The van der Waals surface area contributed by atoms with Crippen molar-refractivity contribution in [1.82, 2.24) is 4.90 Å². The van der Waals surface area contributed by atoms with Crippen LogP contribution in [0.2, 0.25) is 0 Å². The SMILES string of the molecule is C1CN2CC([13c]3[13cH][13cH][13cH][13cH][13cH]3)N=C2S1. The van der Waals surface area contributed by atoms with E-state index in [4.69, 9.17) is 4.99 Å². The summed E-state index contributed by atoms with van der Waals surface area (Å²) < 4.78 is 0. The van der Waals surface area contributed by atoms with Crippen LogP contribution in [0, 0.1) is 0 Å². The molecule has 2 heterocycles. The number of hydrogen-bond donors (Lipinski definition) is 0. The molecule has 2 aliphatic heterocycles. The highest BCUT2D eigenvalue weighted by molar-refractivity contribution is 8.14. The lowest BCUT2D eigenvalue weighted by atomic mass is 10.4. The average molecular weight is 210 g/mol. The van der Waals surface area contributed by atoms with E-state index < -0.39 is 0 Å². The van der Waals surface area contributed by atoms with Crippen molar-refractivity contribution in [3.8, 4) is 0 Å². The monoisotopic (exact) mass is 210 g/mol. The molecule has 3 rings (SSSR count). The summed E-state index contributed by atoms with van der Waals surface area (Å²) in [5, 5.41) is 1.25. The van der Waals surface area contributed by atoms with Gasteiger partial charge in [0.05, 0.1) is 6.04 Å². The number of aliphatic imine (C=N–C) groups is 1. The van der Waals surface area contributed by atoms with Gasteiger partial charge in [-0.05, 0) is 5.56 Å². The van der Waals surface area contributed by atoms with Crippen LogP contribution in [0.15, 0.2) is 35.3 Å². The van der Waals surface area contributed by atoms with E-state index in [1.54, 1.807) is 0 Å². The second-order valence-electron chi connectivity index (χ2n) is 3.63. The van der Waals surface area contributed by atoms with Crippen molar-refractivity contribution in [2.24, 2.45) is 4.99 Å². The Balaban J connectivity index is 1.87. The van der Waals surface area contributed by atoms with Crippen LogP contribution in [-0.2, 0) is 0 Å². The maximum atomic E-state index is 4.73. The fourth-order valence-electron chi connectivity index (χ4n) is 1.96. The fraction of sp³-hybridized carbons (Fsp3) is 0.364. The normalized spacial score (nSPS) is 25.0. The van der Waals surface area contributed by atoms with Crippen LogP contribution in [0.3, 0.4) is 0 Å². The molecule has 0 amide bonds. The summed E-state index contributed by atoms with van der Waals surface area (Å²) in [6, 6.07) is 10.9. The lowest BCUT2D eigenvalue weighted by Gasteiger charge is -2.12. The van der Waals surface area contributed by atoms with Crippen LogP contribution in [0.5, 0.6) is 0 Å². The Morgan fingerprint density at radius 3 is 2.93 bits per heavy atom. The van der Waals surface area contributed by atoms with Gasteiger partial charge in [0.25, 0.3) is 0 Å². The van der Waals surface area contributed by atoms with Gasteiger partial charge in [-0.1, -0.05) is 42.1 Å². The maximum Gasteiger partial charge on any atom is 0.160 e. The molecule has 0 saturated carbocycles. The first-order valence-corrected chi connectivity index (χ1v) is 5.92. The number of fused-ring (bicyclic) bond motifs is 1. The molecule has 0 spiro atoms. The van der Waals surface area contributed by atoms with Crippen LogP contribution < -0.4 is 0 Å². The van der Waals surface area contributed by atoms with Gasteiger partial charge in [0.2, 0.25) is 0 Å². The molecule has 2 aliphatic rings. The molecular formula is C11H12N2S. The standard InChI is InChI=1S/C11H12N2S/c1-2-4-9(5-3-1)10-8-13-6-7-14-11(13)12-10/h1-5,10H,6-8H2/i1+1,2+1,3+1,4+1,5+1,9+1. The molecule has 0 radical (unpaired) electrons. The van der Waals surface area contributed by atoms with Crippen LogP contribution in [-0.4, -0.2) is 28.9 Å². The zero-order valence-corrected chi connectivity index (χ0v) is 8.70. The summed E-state index contributed by atoms with van der Waals surface area (Å²) in [6.07, 6.45) is 0. The zero-order chi connectivity index (χ0) is 9.38. The Hall–Kier alpha value is -0.960. The molecule has 0 aromatic heterocycles. The first-order chi connectivity index (χ1) is 6.93. The first-order valence-electron chi connectivity index (χ1n) is 4.94. The van der Waals surface area contributed by atoms with E-state index in [1.165, 1.54) is 23.0 Å². The van der Waals surface area contributed by atoms with Crippen molar-refractivity contribution in [2.45, 2.75) is 6.04 Å². The molecule has 3 heteroatoms. The number of nitrogens with zero attached hydrogens (tertiary/aromatic N) is 2. The molecule has 0 N–H and O–H groups in total. The minimum Gasteiger partial charge on any atom is -0.348 e. The molecule has 2 nitrogen and oxygen atoms in total. The highest BCUT2D eigenvalue weighted by atomic mass is 32.2. The lowest BCUT2D eigenvalue weighted by Crippen LogP contribution is -2.21. The van der Waals surface area contributed by atoms with Crippen molar-refractivity contribution >= 4 is 16.9 Å². The molecule has 1 fully saturated rings. The second kappa shape index (κ2) is 3.31. The Kier molecular flexibility index (Phi) is 1.98. The van der Waals surface area contributed by atoms with E-state index in [0.29, 0.717) is 6.04 Å². The molecule has 72 valence electrons. The molecule has 1 saturated heterocycles. The van der Waals surface area contributed by atoms with Gasteiger partial charge in [-0.25, -0.2) is 0 Å². The summed E-state index contributed by atoms with van der Waals surface area (Å²) >= 11 is 1.89. The topological polar surface area (TPSA) is 15.6 Å². The molecule has 1 atom stereocenters. The zero-order valence-electron chi connectivity index (χ0n) is 7.89. The Labute approximate surface area is 88.0 Å². The number of hydrogen-bond acceptors (Lipinski definition) is 3. The molecule has 0 bridgehead atoms. The molecule has 14 heavy (non-hydrogen) atoms. The first kappa shape index (κ1) is 8.36. The maximum absolute atomic E-state index is 4.73. The molecular weight excluding hydrogens is 198 g/mol. The highest BCUT2D eigenvalue weighted by Gasteiger charge is 2.29. The predicted molar refractivity (Wildman–Crippen MR) is 60.6 cm³/mol. The predicted octanol–water partition coefficient (Wildman–Crippen LogP) is 2.15. The number of rotatable bonds is 1. The van der Waals surface area contributed by atoms with E-state index in [2.05, 4.69) is 35.2 Å². The van der Waals surface area contributed by atoms with Gasteiger partial charge in [-0.3, -0.25) is 4.99 Å². The van der Waals surface area contributed by atoms with Gasteiger partial charge in [-0.2, -0.15) is 0 Å². The quantitative estimate of drug-likeness (QED) is 0.705. The summed E-state index contributed by atoms with van der Waals surface area (Å²) in [6.45, 7) is 2.25. The fourth-order valence-corrected chi connectivity index (χ4v) is 3.00. The third kappa shape index (κ3) is 1.32. The van der Waals surface area contributed by atoms with Gasteiger partial charge in [0.1, 0.15) is 0 Å². The lowest BCUT2D eigenvalue weighted by molar-refractivity contribution is 0.464. The number of thioether (sulfide) groups is 1. The Bertz CT molecular complexity index is 361. The third-order valence-electron chi connectivity index (χ3n) is 2.71. The van der Waals surface area contributed by atoms with Crippen molar-refractivity contribution in [1.29, 1.82) is 0 Å². The van der Waals surface area contributed by atoms with Crippen LogP contribution in [0.1, 0.15) is 11.6 Å². The van der Waals surface area contributed by atoms with Gasteiger partial charge < -0.3 is 4.90 Å². The second-order valence-corrected chi connectivity index (χ2v) is 4.69. The molecule has 1 aromatic rings. The Morgan fingerprint density at radius 1 is 1.29 bits per heavy atom. The van der Waals surface area contributed by atoms with Gasteiger partial charge in [-0.15, -0.1) is 0 Å². The van der Waals surface area contributed by atoms with Crippen molar-refractivity contribution in [3.05, 3.63) is 35.9 Å². The molecule has 1 aromatic carbocycles.